The van der Waals surface area contributed by atoms with E-state index in [2.05, 4.69) is 17.4 Å². The molecule has 0 unspecified atom stereocenters. The minimum atomic E-state index is -0.535. The normalized spacial score (nSPS) is 36.2. The van der Waals surface area contributed by atoms with Gasteiger partial charge in [-0.15, -0.1) is 0 Å². The minimum absolute atomic E-state index is 0.119. The zero-order chi connectivity index (χ0) is 24.6. The lowest BCUT2D eigenvalue weighted by molar-refractivity contribution is -0.485. The highest BCUT2D eigenvalue weighted by atomic mass is 17.2. The minimum Gasteiger partial charge on any atom is -0.410 e. The second-order valence-corrected chi connectivity index (χ2v) is 12.2. The third-order valence-corrected chi connectivity index (χ3v) is 8.83. The van der Waals surface area contributed by atoms with Gasteiger partial charge < -0.3 is 20.5 Å². The van der Waals surface area contributed by atoms with E-state index in [1.165, 1.54) is 37.7 Å². The maximum absolute atomic E-state index is 12.0. The topological polar surface area (TPSA) is 92.0 Å². The number of hydrogen-bond acceptors (Lipinski definition) is 6. The fourth-order valence-electron chi connectivity index (χ4n) is 7.23. The third kappa shape index (κ3) is 5.53. The zero-order valence-corrected chi connectivity index (χ0v) is 21.5. The largest absolute Gasteiger partial charge is 0.412 e. The molecule has 7 nitrogen and oxygen atoms in total. The third-order valence-electron chi connectivity index (χ3n) is 8.83. The van der Waals surface area contributed by atoms with Crippen LogP contribution in [0.25, 0.3) is 0 Å². The molecule has 1 amide bonds. The van der Waals surface area contributed by atoms with Crippen LogP contribution in [0.5, 0.6) is 5.75 Å². The maximum Gasteiger partial charge on any atom is 0.412 e. The Morgan fingerprint density at radius 3 is 2.14 bits per heavy atom. The molecule has 1 aromatic carbocycles. The van der Waals surface area contributed by atoms with E-state index in [-0.39, 0.29) is 6.10 Å². The Balaban J connectivity index is 1.08. The van der Waals surface area contributed by atoms with Crippen molar-refractivity contribution in [1.29, 1.82) is 0 Å². The second-order valence-electron chi connectivity index (χ2n) is 12.2. The first-order valence-corrected chi connectivity index (χ1v) is 13.5. The molecule has 0 spiro atoms. The van der Waals surface area contributed by atoms with Gasteiger partial charge >= 0.3 is 6.09 Å². The lowest BCUT2D eigenvalue weighted by Gasteiger charge is -2.58. The molecule has 35 heavy (non-hydrogen) atoms. The Hall–Kier alpha value is -1.67. The van der Waals surface area contributed by atoms with Crippen LogP contribution < -0.4 is 15.8 Å². The van der Waals surface area contributed by atoms with Gasteiger partial charge in [0.2, 0.25) is 5.79 Å². The highest BCUT2D eigenvalue weighted by molar-refractivity contribution is 5.70. The number of nitrogens with two attached hydrogens (primary N) is 1. The molecular weight excluding hydrogens is 444 g/mol. The van der Waals surface area contributed by atoms with Crippen LogP contribution in [0.2, 0.25) is 0 Å². The van der Waals surface area contributed by atoms with E-state index in [1.807, 2.05) is 26.0 Å². The molecule has 4 bridgehead atoms. The molecule has 5 aliphatic rings. The molecule has 6 rings (SSSR count). The van der Waals surface area contributed by atoms with E-state index in [9.17, 15) is 4.79 Å². The van der Waals surface area contributed by atoms with Gasteiger partial charge in [-0.3, -0.25) is 0 Å². The van der Waals surface area contributed by atoms with Crippen LogP contribution in [-0.2, 0) is 14.5 Å². The number of methoxy groups -OCH3 is 1. The van der Waals surface area contributed by atoms with Crippen molar-refractivity contribution in [2.24, 2.45) is 29.4 Å². The lowest BCUT2D eigenvalue weighted by Crippen LogP contribution is -2.60. The van der Waals surface area contributed by atoms with Gasteiger partial charge in [0.15, 0.2) is 0 Å². The fraction of sp³-hybridized carbons (Fsp3) is 0.750. The SMILES string of the molecule is COC1(OOC2CCC(c3ccc(OC(=O)NCC(C)(C)N)cc3)CC2)C2CC3CC(C2)CC1C3. The molecule has 7 heteroatoms. The van der Waals surface area contributed by atoms with Crippen molar-refractivity contribution in [3.63, 3.8) is 0 Å². The summed E-state index contributed by atoms with van der Waals surface area (Å²) in [6, 6.07) is 7.85. The number of nitrogens with one attached hydrogen (secondary N) is 1. The number of carbonyl (C=O) groups excluding carboxylic acids is 1. The van der Waals surface area contributed by atoms with E-state index < -0.39 is 17.4 Å². The van der Waals surface area contributed by atoms with E-state index >= 15 is 0 Å². The van der Waals surface area contributed by atoms with Crippen molar-refractivity contribution in [2.75, 3.05) is 13.7 Å². The Kier molecular flexibility index (Phi) is 7.14. The van der Waals surface area contributed by atoms with Crippen LogP contribution in [0.15, 0.2) is 24.3 Å². The van der Waals surface area contributed by atoms with Crippen LogP contribution in [0.3, 0.4) is 0 Å². The Labute approximate surface area is 209 Å². The predicted octanol–water partition coefficient (Wildman–Crippen LogP) is 5.29. The van der Waals surface area contributed by atoms with Gasteiger partial charge in [0, 0.05) is 31.0 Å². The van der Waals surface area contributed by atoms with Crippen LogP contribution in [-0.4, -0.2) is 37.2 Å². The maximum atomic E-state index is 12.0. The van der Waals surface area contributed by atoms with E-state index in [0.717, 1.165) is 37.5 Å². The molecule has 0 saturated heterocycles. The fourth-order valence-corrected chi connectivity index (χ4v) is 7.23. The van der Waals surface area contributed by atoms with Crippen LogP contribution >= 0.6 is 0 Å². The molecule has 0 radical (unpaired) electrons. The first-order valence-electron chi connectivity index (χ1n) is 13.5. The molecule has 5 aliphatic carbocycles. The van der Waals surface area contributed by atoms with Gasteiger partial charge in [-0.2, -0.15) is 0 Å². The second kappa shape index (κ2) is 10.0. The van der Waals surface area contributed by atoms with Gasteiger partial charge in [-0.1, -0.05) is 12.1 Å². The van der Waals surface area contributed by atoms with E-state index in [4.69, 9.17) is 25.0 Å². The van der Waals surface area contributed by atoms with Gasteiger partial charge in [-0.25, -0.2) is 14.6 Å². The molecule has 5 saturated carbocycles. The number of amides is 1. The Morgan fingerprint density at radius 1 is 1.00 bits per heavy atom. The highest BCUT2D eigenvalue weighted by Gasteiger charge is 2.60. The summed E-state index contributed by atoms with van der Waals surface area (Å²) in [6.07, 6.45) is 10.00. The number of benzene rings is 1. The summed E-state index contributed by atoms with van der Waals surface area (Å²) in [4.78, 5) is 24.3. The summed E-state index contributed by atoms with van der Waals surface area (Å²) in [6.45, 7) is 4.06. The lowest BCUT2D eigenvalue weighted by atomic mass is 9.53. The first-order chi connectivity index (χ1) is 16.7. The summed E-state index contributed by atoms with van der Waals surface area (Å²) >= 11 is 0. The van der Waals surface area contributed by atoms with Crippen molar-refractivity contribution in [1.82, 2.24) is 5.32 Å². The van der Waals surface area contributed by atoms with Crippen molar-refractivity contribution in [2.45, 2.75) is 95.0 Å². The Bertz CT molecular complexity index is 844. The van der Waals surface area contributed by atoms with E-state index in [1.54, 1.807) is 7.11 Å². The predicted molar refractivity (Wildman–Crippen MR) is 133 cm³/mol. The molecule has 194 valence electrons. The van der Waals surface area contributed by atoms with Crippen molar-refractivity contribution >= 4 is 6.09 Å². The average molecular weight is 487 g/mol. The summed E-state index contributed by atoms with van der Waals surface area (Å²) in [5.41, 5.74) is 6.69. The number of hydrogen-bond donors (Lipinski definition) is 2. The molecule has 0 atom stereocenters. The van der Waals surface area contributed by atoms with Crippen molar-refractivity contribution in [3.05, 3.63) is 29.8 Å². The number of rotatable bonds is 8. The van der Waals surface area contributed by atoms with Crippen LogP contribution in [0.1, 0.15) is 83.1 Å². The van der Waals surface area contributed by atoms with Gasteiger partial charge in [-0.05, 0) is 107 Å². The first kappa shape index (κ1) is 25.0. The molecule has 0 aliphatic heterocycles. The smallest absolute Gasteiger partial charge is 0.410 e. The van der Waals surface area contributed by atoms with E-state index in [0.29, 0.717) is 30.0 Å². The van der Waals surface area contributed by atoms with Gasteiger partial charge in [0.25, 0.3) is 0 Å². The summed E-state index contributed by atoms with van der Waals surface area (Å²) < 4.78 is 11.4. The number of carbonyl (C=O) groups is 1. The standard InChI is InChI=1S/C28H42N2O5/c1-27(2,29)17-30-26(31)33-24-8-4-20(5-9-24)21-6-10-25(11-7-21)34-35-28(32-3)22-13-18-12-19(15-22)16-23(28)14-18/h4-5,8-9,18-19,21-23,25H,6-7,10-17,29H2,1-3H3,(H,30,31). The summed E-state index contributed by atoms with van der Waals surface area (Å²) in [7, 11) is 1.80. The molecule has 3 N–H and O–H groups in total. The molecule has 5 fully saturated rings. The zero-order valence-electron chi connectivity index (χ0n) is 21.5. The van der Waals surface area contributed by atoms with Gasteiger partial charge in [0.1, 0.15) is 5.75 Å². The number of ether oxygens (including phenoxy) is 2. The molecule has 1 aromatic rings. The van der Waals surface area contributed by atoms with Gasteiger partial charge in [0.05, 0.1) is 6.10 Å². The van der Waals surface area contributed by atoms with Crippen LogP contribution in [0.4, 0.5) is 4.79 Å². The summed E-state index contributed by atoms with van der Waals surface area (Å²) in [5.74, 6) is 3.16. The van der Waals surface area contributed by atoms with Crippen molar-refractivity contribution in [3.8, 4) is 5.75 Å². The molecular formula is C28H42N2O5. The quantitative estimate of drug-likeness (QED) is 0.295. The molecule has 0 heterocycles. The van der Waals surface area contributed by atoms with Crippen LogP contribution in [0, 0.1) is 23.7 Å². The summed E-state index contributed by atoms with van der Waals surface area (Å²) in [5, 5.41) is 2.69. The average Bonchev–Trinajstić information content (AvgIpc) is 2.83. The monoisotopic (exact) mass is 486 g/mol. The Morgan fingerprint density at radius 2 is 1.60 bits per heavy atom. The van der Waals surface area contributed by atoms with Crippen molar-refractivity contribution < 1.29 is 24.0 Å². The molecule has 0 aromatic heterocycles. The highest BCUT2D eigenvalue weighted by Crippen LogP contribution is 2.60.